The fourth-order valence-corrected chi connectivity index (χ4v) is 4.79. The number of hydrogen-bond donors (Lipinski definition) is 2. The van der Waals surface area contributed by atoms with Crippen molar-refractivity contribution in [3.8, 4) is 5.75 Å². The van der Waals surface area contributed by atoms with Gasteiger partial charge < -0.3 is 15.4 Å². The number of rotatable bonds is 6. The third kappa shape index (κ3) is 8.14. The van der Waals surface area contributed by atoms with Gasteiger partial charge >= 0.3 is 0 Å². The summed E-state index contributed by atoms with van der Waals surface area (Å²) in [6.07, 6.45) is 2.69. The van der Waals surface area contributed by atoms with Crippen molar-refractivity contribution in [3.63, 3.8) is 0 Å². The van der Waals surface area contributed by atoms with Crippen LogP contribution < -0.4 is 15.4 Å². The number of ether oxygens (including phenoxy) is 1. The lowest BCUT2D eigenvalue weighted by molar-refractivity contribution is -0.122. The molecule has 3 aromatic carbocycles. The Morgan fingerprint density at radius 2 is 1.77 bits per heavy atom. The molecule has 39 heavy (non-hydrogen) atoms. The summed E-state index contributed by atoms with van der Waals surface area (Å²) < 4.78 is 20.6. The van der Waals surface area contributed by atoms with Crippen LogP contribution in [0.4, 0.5) is 4.39 Å². The van der Waals surface area contributed by atoms with Crippen LogP contribution >= 0.6 is 0 Å². The summed E-state index contributed by atoms with van der Waals surface area (Å²) in [4.78, 5) is 27.9. The van der Waals surface area contributed by atoms with E-state index in [1.807, 2.05) is 50.2 Å². The number of benzene rings is 3. The maximum Gasteiger partial charge on any atom is 0.251 e. The molecule has 0 radical (unpaired) electrons. The molecule has 206 valence electrons. The molecule has 0 spiro atoms. The third-order valence-electron chi connectivity index (χ3n) is 7.03. The van der Waals surface area contributed by atoms with E-state index in [-0.39, 0.29) is 30.7 Å². The van der Waals surface area contributed by atoms with Crippen LogP contribution in [-0.4, -0.2) is 43.0 Å². The van der Waals surface area contributed by atoms with Gasteiger partial charge in [-0.2, -0.15) is 0 Å². The molecule has 0 fully saturated rings. The minimum atomic E-state index is -0.578. The lowest BCUT2D eigenvalue weighted by atomic mass is 9.84. The van der Waals surface area contributed by atoms with E-state index in [2.05, 4.69) is 15.5 Å². The zero-order valence-electron chi connectivity index (χ0n) is 22.8. The fraction of sp³-hybridized carbons (Fsp3) is 0.375. The van der Waals surface area contributed by atoms with Crippen molar-refractivity contribution in [2.24, 2.45) is 0 Å². The molecule has 1 heterocycles. The Morgan fingerprint density at radius 1 is 1.00 bits per heavy atom. The van der Waals surface area contributed by atoms with Crippen molar-refractivity contribution in [3.05, 3.63) is 101 Å². The predicted molar refractivity (Wildman–Crippen MR) is 151 cm³/mol. The van der Waals surface area contributed by atoms with Crippen LogP contribution in [0.1, 0.15) is 60.2 Å². The average molecular weight is 532 g/mol. The maximum atomic E-state index is 14.4. The number of amides is 2. The van der Waals surface area contributed by atoms with Crippen molar-refractivity contribution in [1.29, 1.82) is 0 Å². The van der Waals surface area contributed by atoms with Crippen LogP contribution in [0.25, 0.3) is 0 Å². The first-order valence-electron chi connectivity index (χ1n) is 13.6. The van der Waals surface area contributed by atoms with E-state index in [1.165, 1.54) is 6.07 Å². The van der Waals surface area contributed by atoms with E-state index in [4.69, 9.17) is 4.74 Å². The summed E-state index contributed by atoms with van der Waals surface area (Å²) in [5, 5.41) is 6.00. The van der Waals surface area contributed by atoms with Gasteiger partial charge in [0.2, 0.25) is 5.91 Å². The van der Waals surface area contributed by atoms with E-state index in [0.29, 0.717) is 43.1 Å². The minimum absolute atomic E-state index is 0.00103. The molecule has 0 aliphatic carbocycles. The summed E-state index contributed by atoms with van der Waals surface area (Å²) in [6.45, 7) is 6.66. The van der Waals surface area contributed by atoms with Crippen LogP contribution in [0, 0.1) is 5.82 Å². The first kappa shape index (κ1) is 28.3. The van der Waals surface area contributed by atoms with Crippen LogP contribution in [0.15, 0.2) is 72.8 Å². The summed E-state index contributed by atoms with van der Waals surface area (Å²) in [5.74, 6) is 0.124. The van der Waals surface area contributed by atoms with Crippen LogP contribution in [0.5, 0.6) is 5.75 Å². The number of halogens is 1. The summed E-state index contributed by atoms with van der Waals surface area (Å²) in [6, 6.07) is 22.2. The second kappa shape index (κ2) is 13.4. The molecule has 4 rings (SSSR count). The smallest absolute Gasteiger partial charge is 0.251 e. The van der Waals surface area contributed by atoms with Gasteiger partial charge in [0, 0.05) is 42.7 Å². The van der Waals surface area contributed by atoms with Gasteiger partial charge in [0.25, 0.3) is 5.91 Å². The molecule has 1 aliphatic heterocycles. The number of hydrogen-bond acceptors (Lipinski definition) is 4. The Labute approximate surface area is 230 Å². The van der Waals surface area contributed by atoms with Gasteiger partial charge in [0.05, 0.1) is 13.2 Å². The molecule has 0 aromatic heterocycles. The molecule has 3 aromatic rings. The molecule has 0 saturated heterocycles. The molecule has 0 atom stereocenters. The monoisotopic (exact) mass is 531 g/mol. The standard InChI is InChI=1S/C32H38FN3O3/c1-32(2,27-13-7-8-14-28(27)33)23-35-31(38)25-15-16-26-21-36(20-24-11-5-3-6-12-24)22-30(37)34-17-9-4-10-18-39-29(26)19-25/h3,5-8,11-16,19H,4,9-10,17-18,20-23H2,1-2H3,(H,34,37)(H,35,38). The number of carbonyl (C=O) groups is 2. The van der Waals surface area contributed by atoms with Gasteiger partial charge in [-0.05, 0) is 48.6 Å². The molecule has 6 nitrogen and oxygen atoms in total. The van der Waals surface area contributed by atoms with Crippen LogP contribution in [-0.2, 0) is 23.3 Å². The van der Waals surface area contributed by atoms with E-state index in [0.717, 1.165) is 30.4 Å². The molecule has 2 amide bonds. The highest BCUT2D eigenvalue weighted by Crippen LogP contribution is 2.26. The summed E-state index contributed by atoms with van der Waals surface area (Å²) in [7, 11) is 0. The van der Waals surface area contributed by atoms with Gasteiger partial charge in [0.15, 0.2) is 0 Å². The Morgan fingerprint density at radius 3 is 2.56 bits per heavy atom. The number of nitrogens with one attached hydrogen (secondary N) is 2. The highest BCUT2D eigenvalue weighted by Gasteiger charge is 2.25. The molecule has 0 saturated carbocycles. The van der Waals surface area contributed by atoms with Crippen molar-refractivity contribution in [1.82, 2.24) is 15.5 Å². The molecule has 0 bridgehead atoms. The SMILES string of the molecule is CC(C)(CNC(=O)c1ccc2c(c1)OCCCCCNC(=O)CN(Cc1ccccc1)C2)c1ccccc1F. The Hall–Kier alpha value is -3.71. The lowest BCUT2D eigenvalue weighted by Gasteiger charge is -2.26. The molecule has 0 unspecified atom stereocenters. The fourth-order valence-electron chi connectivity index (χ4n) is 4.79. The van der Waals surface area contributed by atoms with E-state index in [9.17, 15) is 14.0 Å². The van der Waals surface area contributed by atoms with Gasteiger partial charge in [-0.3, -0.25) is 14.5 Å². The predicted octanol–water partition coefficient (Wildman–Crippen LogP) is 5.21. The number of fused-ring (bicyclic) bond motifs is 1. The van der Waals surface area contributed by atoms with Gasteiger partial charge in [-0.15, -0.1) is 0 Å². The van der Waals surface area contributed by atoms with Crippen molar-refractivity contribution < 1.29 is 18.7 Å². The highest BCUT2D eigenvalue weighted by molar-refractivity contribution is 5.94. The Balaban J connectivity index is 1.53. The largest absolute Gasteiger partial charge is 0.493 e. The maximum absolute atomic E-state index is 14.4. The highest BCUT2D eigenvalue weighted by atomic mass is 19.1. The number of nitrogens with zero attached hydrogens (tertiary/aromatic N) is 1. The second-order valence-electron chi connectivity index (χ2n) is 10.8. The first-order chi connectivity index (χ1) is 18.8. The molecule has 7 heteroatoms. The van der Waals surface area contributed by atoms with Crippen molar-refractivity contribution in [2.45, 2.75) is 51.6 Å². The molecule has 2 N–H and O–H groups in total. The van der Waals surface area contributed by atoms with E-state index in [1.54, 1.807) is 30.3 Å². The zero-order valence-corrected chi connectivity index (χ0v) is 22.8. The quantitative estimate of drug-likeness (QED) is 0.458. The second-order valence-corrected chi connectivity index (χ2v) is 10.8. The minimum Gasteiger partial charge on any atom is -0.493 e. The van der Waals surface area contributed by atoms with E-state index >= 15 is 0 Å². The average Bonchev–Trinajstić information content (AvgIpc) is 2.93. The first-order valence-corrected chi connectivity index (χ1v) is 13.6. The normalized spacial score (nSPS) is 15.5. The van der Waals surface area contributed by atoms with Crippen LogP contribution in [0.3, 0.4) is 0 Å². The summed E-state index contributed by atoms with van der Waals surface area (Å²) in [5.41, 5.74) is 2.50. The molecular weight excluding hydrogens is 493 g/mol. The van der Waals surface area contributed by atoms with Gasteiger partial charge in [-0.1, -0.05) is 68.4 Å². The van der Waals surface area contributed by atoms with Gasteiger partial charge in [0.1, 0.15) is 11.6 Å². The lowest BCUT2D eigenvalue weighted by Crippen LogP contribution is -2.37. The number of carbonyl (C=O) groups excluding carboxylic acids is 2. The topological polar surface area (TPSA) is 70.7 Å². The Bertz CT molecular complexity index is 1260. The summed E-state index contributed by atoms with van der Waals surface area (Å²) >= 11 is 0. The molecule has 1 aliphatic rings. The van der Waals surface area contributed by atoms with E-state index < -0.39 is 5.41 Å². The zero-order chi connectivity index (χ0) is 27.7. The van der Waals surface area contributed by atoms with Crippen LogP contribution in [0.2, 0.25) is 0 Å². The Kier molecular flexibility index (Phi) is 9.71. The van der Waals surface area contributed by atoms with Gasteiger partial charge in [-0.25, -0.2) is 4.39 Å². The molecular formula is C32H38FN3O3. The van der Waals surface area contributed by atoms with Crippen molar-refractivity contribution >= 4 is 11.8 Å². The van der Waals surface area contributed by atoms with Crippen molar-refractivity contribution in [2.75, 3.05) is 26.2 Å². The third-order valence-corrected chi connectivity index (χ3v) is 7.03.